The Bertz CT molecular complexity index is 590. The molecule has 1 N–H and O–H groups in total. The van der Waals surface area contributed by atoms with Crippen LogP contribution in [0.5, 0.6) is 0 Å². The number of aromatic nitrogens is 2. The number of rotatable bonds is 3. The smallest absolute Gasteiger partial charge is 0.259 e. The maximum atomic E-state index is 12.0. The van der Waals surface area contributed by atoms with Gasteiger partial charge in [-0.25, -0.2) is 0 Å². The Kier molecular flexibility index (Phi) is 4.60. The molecular weight excluding hydrogens is 358 g/mol. The van der Waals surface area contributed by atoms with Crippen LogP contribution in [0.15, 0.2) is 27.0 Å². The molecule has 0 aliphatic carbocycles. The summed E-state index contributed by atoms with van der Waals surface area (Å²) in [6, 6.07) is 5.10. The van der Waals surface area contributed by atoms with Crippen molar-refractivity contribution in [2.24, 2.45) is 0 Å². The van der Waals surface area contributed by atoms with Gasteiger partial charge in [-0.1, -0.05) is 50.6 Å². The highest BCUT2D eigenvalue weighted by Crippen LogP contribution is 2.25. The lowest BCUT2D eigenvalue weighted by molar-refractivity contribution is 0.102. The Balaban J connectivity index is 2.19. The van der Waals surface area contributed by atoms with E-state index in [1.165, 1.54) is 23.1 Å². The highest BCUT2D eigenvalue weighted by atomic mass is 79.9. The fourth-order valence-electron chi connectivity index (χ4n) is 1.18. The van der Waals surface area contributed by atoms with Crippen molar-refractivity contribution in [2.45, 2.75) is 4.34 Å². The normalized spacial score (nSPS) is 10.4. The maximum absolute atomic E-state index is 12.0. The monoisotopic (exact) mass is 363 g/mol. The van der Waals surface area contributed by atoms with Crippen LogP contribution in [-0.4, -0.2) is 22.4 Å². The molecule has 0 saturated heterocycles. The lowest BCUT2D eigenvalue weighted by Gasteiger charge is -2.03. The average molecular weight is 365 g/mol. The number of hydrogen-bond donors (Lipinski definition) is 1. The zero-order chi connectivity index (χ0) is 13.1. The van der Waals surface area contributed by atoms with E-state index >= 15 is 0 Å². The van der Waals surface area contributed by atoms with Crippen molar-refractivity contribution in [1.29, 1.82) is 0 Å². The van der Waals surface area contributed by atoms with Crippen LogP contribution in [0.2, 0.25) is 5.02 Å². The minimum Gasteiger partial charge on any atom is -0.296 e. The largest absolute Gasteiger partial charge is 0.296 e. The molecule has 8 heteroatoms. The second-order valence-corrected chi connectivity index (χ2v) is 6.51. The highest BCUT2D eigenvalue weighted by molar-refractivity contribution is 9.10. The summed E-state index contributed by atoms with van der Waals surface area (Å²) in [5.41, 5.74) is 0.395. The molecule has 0 atom stereocenters. The second-order valence-electron chi connectivity index (χ2n) is 3.16. The Morgan fingerprint density at radius 1 is 1.50 bits per heavy atom. The molecule has 2 rings (SSSR count). The Labute approximate surface area is 125 Å². The van der Waals surface area contributed by atoms with Gasteiger partial charge in [0.25, 0.3) is 5.91 Å². The molecule has 0 aliphatic rings. The molecule has 4 nitrogen and oxygen atoms in total. The van der Waals surface area contributed by atoms with Gasteiger partial charge >= 0.3 is 0 Å². The Hall–Kier alpha value is -0.630. The molecule has 0 unspecified atom stereocenters. The van der Waals surface area contributed by atoms with E-state index in [0.717, 1.165) is 8.81 Å². The van der Waals surface area contributed by atoms with Gasteiger partial charge in [-0.3, -0.25) is 10.1 Å². The fraction of sp³-hybridized carbons (Fsp3) is 0.100. The van der Waals surface area contributed by atoms with E-state index in [2.05, 4.69) is 31.4 Å². The molecule has 1 amide bonds. The summed E-state index contributed by atoms with van der Waals surface area (Å²) in [5, 5.41) is 11.3. The maximum Gasteiger partial charge on any atom is 0.259 e. The zero-order valence-corrected chi connectivity index (χ0v) is 13.1. The number of anilines is 1. The van der Waals surface area contributed by atoms with Crippen molar-refractivity contribution in [3.05, 3.63) is 33.3 Å². The minimum atomic E-state index is -0.301. The number of nitrogens with zero attached hydrogens (tertiary/aromatic N) is 2. The van der Waals surface area contributed by atoms with E-state index in [9.17, 15) is 4.79 Å². The SMILES string of the molecule is CSc1nnc(NC(=O)c2cc(Br)ccc2Cl)s1. The molecule has 0 spiro atoms. The molecule has 1 aromatic carbocycles. The van der Waals surface area contributed by atoms with Crippen molar-refractivity contribution in [3.63, 3.8) is 0 Å². The van der Waals surface area contributed by atoms with Crippen LogP contribution < -0.4 is 5.32 Å². The van der Waals surface area contributed by atoms with Gasteiger partial charge in [0.05, 0.1) is 10.6 Å². The van der Waals surface area contributed by atoms with E-state index in [1.807, 2.05) is 6.26 Å². The van der Waals surface area contributed by atoms with Gasteiger partial charge in [-0.05, 0) is 24.5 Å². The first-order chi connectivity index (χ1) is 8.60. The van der Waals surface area contributed by atoms with Crippen LogP contribution in [0, 0.1) is 0 Å². The van der Waals surface area contributed by atoms with Gasteiger partial charge in [0.2, 0.25) is 5.13 Å². The number of nitrogens with one attached hydrogen (secondary N) is 1. The molecule has 18 heavy (non-hydrogen) atoms. The molecule has 0 saturated carbocycles. The summed E-state index contributed by atoms with van der Waals surface area (Å²) < 4.78 is 1.59. The van der Waals surface area contributed by atoms with E-state index < -0.39 is 0 Å². The summed E-state index contributed by atoms with van der Waals surface area (Å²) >= 11 is 12.1. The molecule has 0 fully saturated rings. The zero-order valence-electron chi connectivity index (χ0n) is 9.11. The van der Waals surface area contributed by atoms with Crippen LogP contribution in [0.1, 0.15) is 10.4 Å². The summed E-state index contributed by atoms with van der Waals surface area (Å²) in [6.45, 7) is 0. The van der Waals surface area contributed by atoms with Gasteiger partial charge in [0, 0.05) is 4.47 Å². The average Bonchev–Trinajstić information content (AvgIpc) is 2.80. The molecule has 2 aromatic rings. The standard InChI is InChI=1S/C10H7BrClN3OS2/c1-17-10-15-14-9(18-10)13-8(16)6-4-5(11)2-3-7(6)12/h2-4H,1H3,(H,13,14,16). The lowest BCUT2D eigenvalue weighted by atomic mass is 10.2. The quantitative estimate of drug-likeness (QED) is 0.662. The van der Waals surface area contributed by atoms with Crippen molar-refractivity contribution in [2.75, 3.05) is 11.6 Å². The molecular formula is C10H7BrClN3OS2. The molecule has 94 valence electrons. The van der Waals surface area contributed by atoms with E-state index in [-0.39, 0.29) is 5.91 Å². The molecule has 0 radical (unpaired) electrons. The van der Waals surface area contributed by atoms with Crippen molar-refractivity contribution < 1.29 is 4.79 Å². The number of carbonyl (C=O) groups excluding carboxylic acids is 1. The number of hydrogen-bond acceptors (Lipinski definition) is 5. The van der Waals surface area contributed by atoms with Crippen LogP contribution >= 0.6 is 50.6 Å². The summed E-state index contributed by atoms with van der Waals surface area (Å²) in [5.74, 6) is -0.301. The first-order valence-electron chi connectivity index (χ1n) is 4.74. The van der Waals surface area contributed by atoms with Gasteiger partial charge < -0.3 is 0 Å². The number of benzene rings is 1. The van der Waals surface area contributed by atoms with Gasteiger partial charge in [0.1, 0.15) is 0 Å². The Morgan fingerprint density at radius 3 is 2.94 bits per heavy atom. The van der Waals surface area contributed by atoms with Gasteiger partial charge in [0.15, 0.2) is 4.34 Å². The molecule has 0 aliphatic heterocycles. The molecule has 1 aromatic heterocycles. The van der Waals surface area contributed by atoms with Crippen LogP contribution in [0.3, 0.4) is 0 Å². The number of amides is 1. The predicted octanol–water partition coefficient (Wildman–Crippen LogP) is 3.93. The third-order valence-corrected chi connectivity index (χ3v) is 4.61. The van der Waals surface area contributed by atoms with Gasteiger partial charge in [-0.15, -0.1) is 10.2 Å². The first kappa shape index (κ1) is 13.8. The number of thioether (sulfide) groups is 1. The van der Waals surface area contributed by atoms with E-state index in [0.29, 0.717) is 15.7 Å². The summed E-state index contributed by atoms with van der Waals surface area (Å²) in [6.07, 6.45) is 1.90. The predicted molar refractivity (Wildman–Crippen MR) is 78.8 cm³/mol. The third-order valence-electron chi connectivity index (χ3n) is 1.97. The topological polar surface area (TPSA) is 54.9 Å². The minimum absolute atomic E-state index is 0.301. The fourth-order valence-corrected chi connectivity index (χ4v) is 2.91. The van der Waals surface area contributed by atoms with Crippen LogP contribution in [0.4, 0.5) is 5.13 Å². The van der Waals surface area contributed by atoms with Crippen molar-refractivity contribution >= 4 is 61.7 Å². The number of carbonyl (C=O) groups is 1. The van der Waals surface area contributed by atoms with E-state index in [4.69, 9.17) is 11.6 Å². The van der Waals surface area contributed by atoms with Crippen LogP contribution in [-0.2, 0) is 0 Å². The summed E-state index contributed by atoms with van der Waals surface area (Å²) in [4.78, 5) is 12.0. The lowest BCUT2D eigenvalue weighted by Crippen LogP contribution is -2.12. The number of halogens is 2. The first-order valence-corrected chi connectivity index (χ1v) is 7.95. The van der Waals surface area contributed by atoms with E-state index in [1.54, 1.807) is 18.2 Å². The summed E-state index contributed by atoms with van der Waals surface area (Å²) in [7, 11) is 0. The van der Waals surface area contributed by atoms with Crippen molar-refractivity contribution in [1.82, 2.24) is 10.2 Å². The highest BCUT2D eigenvalue weighted by Gasteiger charge is 2.13. The third kappa shape index (κ3) is 3.23. The Morgan fingerprint density at radius 2 is 2.28 bits per heavy atom. The van der Waals surface area contributed by atoms with Gasteiger partial charge in [-0.2, -0.15) is 0 Å². The second kappa shape index (κ2) is 6.01. The molecule has 1 heterocycles. The van der Waals surface area contributed by atoms with Crippen LogP contribution in [0.25, 0.3) is 0 Å². The molecule has 0 bridgehead atoms. The van der Waals surface area contributed by atoms with Crippen molar-refractivity contribution in [3.8, 4) is 0 Å².